The van der Waals surface area contributed by atoms with Crippen LogP contribution >= 0.6 is 0 Å². The van der Waals surface area contributed by atoms with Crippen molar-refractivity contribution in [3.8, 4) is 0 Å². The molecule has 60 valence electrons. The van der Waals surface area contributed by atoms with E-state index in [0.717, 1.165) is 16.7 Å². The molecule has 0 aliphatic heterocycles. The van der Waals surface area contributed by atoms with Crippen LogP contribution in [-0.2, 0) is 0 Å². The summed E-state index contributed by atoms with van der Waals surface area (Å²) in [6.45, 7) is 4.01. The topological polar surface area (TPSA) is 25.8 Å². The molecule has 0 N–H and O–H groups in total. The minimum atomic E-state index is 0.834. The highest BCUT2D eigenvalue weighted by Crippen LogP contribution is 2.10. The maximum atomic E-state index is 4.31. The van der Waals surface area contributed by atoms with Crippen molar-refractivity contribution in [2.24, 2.45) is 0 Å². The van der Waals surface area contributed by atoms with Crippen LogP contribution in [0.25, 0.3) is 11.0 Å². The van der Waals surface area contributed by atoms with E-state index in [-0.39, 0.29) is 0 Å². The number of pyridine rings is 2. The smallest absolute Gasteiger partial charge is 0.159 e. The van der Waals surface area contributed by atoms with E-state index in [1.165, 1.54) is 5.56 Å². The van der Waals surface area contributed by atoms with E-state index in [0.29, 0.717) is 0 Å². The summed E-state index contributed by atoms with van der Waals surface area (Å²) >= 11 is 0. The van der Waals surface area contributed by atoms with Crippen molar-refractivity contribution in [2.45, 2.75) is 13.8 Å². The molecule has 0 bridgehead atoms. The van der Waals surface area contributed by atoms with Gasteiger partial charge in [-0.25, -0.2) is 9.97 Å². The maximum absolute atomic E-state index is 4.31. The Labute approximate surface area is 71.3 Å². The summed E-state index contributed by atoms with van der Waals surface area (Å²) in [6.07, 6.45) is 1.84. The van der Waals surface area contributed by atoms with E-state index in [1.54, 1.807) is 0 Å². The summed E-state index contributed by atoms with van der Waals surface area (Å²) in [5, 5.41) is 1.11. The second kappa shape index (κ2) is 2.55. The lowest BCUT2D eigenvalue weighted by Crippen LogP contribution is -1.86. The van der Waals surface area contributed by atoms with Gasteiger partial charge in [-0.3, -0.25) is 0 Å². The average Bonchev–Trinajstić information content (AvgIpc) is 2.05. The molecule has 0 fully saturated rings. The molecule has 2 heteroatoms. The summed E-state index contributed by atoms with van der Waals surface area (Å²) in [7, 11) is 0. The lowest BCUT2D eigenvalue weighted by Gasteiger charge is -1.98. The highest BCUT2D eigenvalue weighted by atomic mass is 14.8. The highest BCUT2D eigenvalue weighted by molar-refractivity contribution is 5.74. The van der Waals surface area contributed by atoms with Gasteiger partial charge < -0.3 is 0 Å². The SMILES string of the molecule is Cc1cnc2nc(C)ccc2c1. The van der Waals surface area contributed by atoms with Gasteiger partial charge in [-0.2, -0.15) is 0 Å². The maximum Gasteiger partial charge on any atom is 0.159 e. The number of nitrogens with zero attached hydrogens (tertiary/aromatic N) is 2. The van der Waals surface area contributed by atoms with Gasteiger partial charge in [0.05, 0.1) is 0 Å². The molecule has 0 radical (unpaired) electrons. The molecule has 2 rings (SSSR count). The van der Waals surface area contributed by atoms with E-state index in [9.17, 15) is 0 Å². The lowest BCUT2D eigenvalue weighted by atomic mass is 10.2. The van der Waals surface area contributed by atoms with Gasteiger partial charge in [0.15, 0.2) is 5.65 Å². The third-order valence-electron chi connectivity index (χ3n) is 1.82. The van der Waals surface area contributed by atoms with Crippen LogP contribution < -0.4 is 0 Å². The monoisotopic (exact) mass is 158 g/mol. The number of fused-ring (bicyclic) bond motifs is 1. The number of hydrogen-bond acceptors (Lipinski definition) is 2. The Morgan fingerprint density at radius 1 is 1.17 bits per heavy atom. The van der Waals surface area contributed by atoms with E-state index in [1.807, 2.05) is 26.1 Å². The molecule has 0 atom stereocenters. The molecule has 0 spiro atoms. The minimum absolute atomic E-state index is 0.834. The van der Waals surface area contributed by atoms with Gasteiger partial charge in [-0.1, -0.05) is 0 Å². The summed E-state index contributed by atoms with van der Waals surface area (Å²) in [4.78, 5) is 8.54. The molecule has 2 nitrogen and oxygen atoms in total. The largest absolute Gasteiger partial charge is 0.236 e. The summed E-state index contributed by atoms with van der Waals surface area (Å²) in [6, 6.07) is 6.15. The molecular formula is C10H10N2. The highest BCUT2D eigenvalue weighted by Gasteiger charge is 1.95. The van der Waals surface area contributed by atoms with Gasteiger partial charge in [0, 0.05) is 17.3 Å². The van der Waals surface area contributed by atoms with E-state index in [2.05, 4.69) is 22.1 Å². The van der Waals surface area contributed by atoms with Gasteiger partial charge in [0.25, 0.3) is 0 Å². The fourth-order valence-electron chi connectivity index (χ4n) is 1.22. The van der Waals surface area contributed by atoms with Crippen molar-refractivity contribution >= 4 is 11.0 Å². The molecular weight excluding hydrogens is 148 g/mol. The standard InChI is InChI=1S/C10H10N2/c1-7-5-9-4-3-8(2)12-10(9)11-6-7/h3-6H,1-2H3. The summed E-state index contributed by atoms with van der Waals surface area (Å²) in [5.41, 5.74) is 3.02. The van der Waals surface area contributed by atoms with Crippen LogP contribution in [0.4, 0.5) is 0 Å². The number of aromatic nitrogens is 2. The van der Waals surface area contributed by atoms with Crippen LogP contribution in [-0.4, -0.2) is 9.97 Å². The predicted molar refractivity (Wildman–Crippen MR) is 49.0 cm³/mol. The molecule has 0 aliphatic rings. The number of hydrogen-bond donors (Lipinski definition) is 0. The first kappa shape index (κ1) is 7.22. The van der Waals surface area contributed by atoms with Crippen LogP contribution in [0.5, 0.6) is 0 Å². The molecule has 12 heavy (non-hydrogen) atoms. The Hall–Kier alpha value is -1.44. The zero-order chi connectivity index (χ0) is 8.55. The average molecular weight is 158 g/mol. The summed E-state index contributed by atoms with van der Waals surface area (Å²) in [5.74, 6) is 0. The Bertz CT molecular complexity index is 380. The molecule has 0 amide bonds. The van der Waals surface area contributed by atoms with Crippen molar-refractivity contribution < 1.29 is 0 Å². The first-order valence-electron chi connectivity index (χ1n) is 3.96. The Balaban J connectivity index is 2.79. The third-order valence-corrected chi connectivity index (χ3v) is 1.82. The molecule has 0 saturated carbocycles. The van der Waals surface area contributed by atoms with Crippen LogP contribution in [0.15, 0.2) is 24.4 Å². The Morgan fingerprint density at radius 3 is 2.83 bits per heavy atom. The fraction of sp³-hybridized carbons (Fsp3) is 0.200. The van der Waals surface area contributed by atoms with Crippen LogP contribution in [0, 0.1) is 13.8 Å². The second-order valence-electron chi connectivity index (χ2n) is 3.01. The van der Waals surface area contributed by atoms with Crippen LogP contribution in [0.2, 0.25) is 0 Å². The van der Waals surface area contributed by atoms with Gasteiger partial charge >= 0.3 is 0 Å². The van der Waals surface area contributed by atoms with Crippen molar-refractivity contribution in [3.05, 3.63) is 35.7 Å². The van der Waals surface area contributed by atoms with Gasteiger partial charge in [-0.15, -0.1) is 0 Å². The van der Waals surface area contributed by atoms with Crippen molar-refractivity contribution in [1.82, 2.24) is 9.97 Å². The third kappa shape index (κ3) is 1.16. The van der Waals surface area contributed by atoms with E-state index < -0.39 is 0 Å². The molecule has 2 aromatic rings. The second-order valence-corrected chi connectivity index (χ2v) is 3.01. The van der Waals surface area contributed by atoms with Crippen molar-refractivity contribution in [3.63, 3.8) is 0 Å². The molecule has 0 saturated heterocycles. The van der Waals surface area contributed by atoms with Gasteiger partial charge in [-0.05, 0) is 37.6 Å². The predicted octanol–water partition coefficient (Wildman–Crippen LogP) is 2.25. The first-order valence-corrected chi connectivity index (χ1v) is 3.96. The van der Waals surface area contributed by atoms with Crippen LogP contribution in [0.1, 0.15) is 11.3 Å². The Morgan fingerprint density at radius 2 is 2.00 bits per heavy atom. The van der Waals surface area contributed by atoms with E-state index in [4.69, 9.17) is 0 Å². The normalized spacial score (nSPS) is 10.5. The molecule has 2 heterocycles. The molecule has 0 aromatic carbocycles. The zero-order valence-corrected chi connectivity index (χ0v) is 7.20. The zero-order valence-electron chi connectivity index (χ0n) is 7.20. The van der Waals surface area contributed by atoms with Gasteiger partial charge in [0.2, 0.25) is 0 Å². The molecule has 0 unspecified atom stereocenters. The summed E-state index contributed by atoms with van der Waals surface area (Å²) < 4.78 is 0. The van der Waals surface area contributed by atoms with Crippen LogP contribution in [0.3, 0.4) is 0 Å². The quantitative estimate of drug-likeness (QED) is 0.587. The minimum Gasteiger partial charge on any atom is -0.236 e. The van der Waals surface area contributed by atoms with Crippen molar-refractivity contribution in [1.29, 1.82) is 0 Å². The van der Waals surface area contributed by atoms with Gasteiger partial charge in [0.1, 0.15) is 0 Å². The molecule has 0 aliphatic carbocycles. The van der Waals surface area contributed by atoms with Crippen molar-refractivity contribution in [2.75, 3.05) is 0 Å². The lowest BCUT2D eigenvalue weighted by molar-refractivity contribution is 1.19. The molecule has 2 aromatic heterocycles. The Kier molecular flexibility index (Phi) is 1.54. The van der Waals surface area contributed by atoms with E-state index >= 15 is 0 Å². The first-order chi connectivity index (χ1) is 5.75. The number of aryl methyl sites for hydroxylation is 2. The number of rotatable bonds is 0. The fourth-order valence-corrected chi connectivity index (χ4v) is 1.22.